The van der Waals surface area contributed by atoms with Gasteiger partial charge in [0.2, 0.25) is 0 Å². The van der Waals surface area contributed by atoms with E-state index in [0.717, 1.165) is 77.2 Å². The first-order valence-corrected chi connectivity index (χ1v) is 12.0. The molecule has 0 saturated heterocycles. The summed E-state index contributed by atoms with van der Waals surface area (Å²) in [6.45, 7) is 0. The second-order valence-corrected chi connectivity index (χ2v) is 10.3. The smallest absolute Gasteiger partial charge is 0.322 e. The van der Waals surface area contributed by atoms with Gasteiger partial charge in [-0.15, -0.1) is 0 Å². The van der Waals surface area contributed by atoms with Crippen LogP contribution in [0.3, 0.4) is 0 Å². The Morgan fingerprint density at radius 3 is 2.03 bits per heavy atom. The maximum atomic E-state index is 11.9. The molecule has 0 amide bonds. The molecule has 158 valence electrons. The van der Waals surface area contributed by atoms with Gasteiger partial charge in [-0.3, -0.25) is 9.59 Å². The number of esters is 1. The quantitative estimate of drug-likeness (QED) is 0.351. The average Bonchev–Trinajstić information content (AvgIpc) is 3.45. The summed E-state index contributed by atoms with van der Waals surface area (Å²) in [4.78, 5) is 23.3. The van der Waals surface area contributed by atoms with Gasteiger partial charge in [0.15, 0.2) is 0 Å². The summed E-state index contributed by atoms with van der Waals surface area (Å²) in [7, 11) is 0. The maximum Gasteiger partial charge on any atom is 0.322 e. The van der Waals surface area contributed by atoms with Crippen LogP contribution in [0.1, 0.15) is 62.5 Å². The van der Waals surface area contributed by atoms with E-state index in [4.69, 9.17) is 4.74 Å². The summed E-state index contributed by atoms with van der Waals surface area (Å²) in [6.07, 6.45) is 7.72. The Balaban J connectivity index is 0.000000145. The van der Waals surface area contributed by atoms with Crippen molar-refractivity contribution in [2.45, 2.75) is 62.2 Å². The molecule has 2 aliphatic carbocycles. The van der Waals surface area contributed by atoms with E-state index in [0.29, 0.717) is 0 Å². The summed E-state index contributed by atoms with van der Waals surface area (Å²) in [5, 5.41) is 9.37. The molecule has 5 rings (SSSR count). The summed E-state index contributed by atoms with van der Waals surface area (Å²) in [5.74, 6) is 0.0201. The number of carboxylic acids is 1. The fourth-order valence-electron chi connectivity index (χ4n) is 5.11. The SMILES string of the molecule is O=C(O)C1(c2ccc(Br)cc2)CCCC1.O=C1Oc2cc(Br)ccc2C12CCCC2. The van der Waals surface area contributed by atoms with Crippen molar-refractivity contribution in [1.82, 2.24) is 0 Å². The number of carbonyl (C=O) groups is 2. The van der Waals surface area contributed by atoms with Gasteiger partial charge in [0.25, 0.3) is 0 Å². The molecule has 0 bridgehead atoms. The van der Waals surface area contributed by atoms with Gasteiger partial charge >= 0.3 is 11.9 Å². The van der Waals surface area contributed by atoms with Crippen molar-refractivity contribution in [3.8, 4) is 5.75 Å². The van der Waals surface area contributed by atoms with Gasteiger partial charge in [-0.1, -0.05) is 75.7 Å². The Hall–Kier alpha value is -1.66. The number of ether oxygens (including phenoxy) is 1. The Bertz CT molecular complexity index is 946. The lowest BCUT2D eigenvalue weighted by atomic mass is 9.79. The van der Waals surface area contributed by atoms with Gasteiger partial charge in [-0.05, 0) is 55.5 Å². The van der Waals surface area contributed by atoms with E-state index in [2.05, 4.69) is 31.9 Å². The lowest BCUT2D eigenvalue weighted by Gasteiger charge is -2.24. The molecule has 2 saturated carbocycles. The molecule has 1 N–H and O–H groups in total. The van der Waals surface area contributed by atoms with Gasteiger partial charge in [0, 0.05) is 14.5 Å². The molecule has 0 radical (unpaired) electrons. The van der Waals surface area contributed by atoms with Crippen molar-refractivity contribution in [3.63, 3.8) is 0 Å². The van der Waals surface area contributed by atoms with E-state index < -0.39 is 11.4 Å². The standard InChI is InChI=1S/C12H11BrO2.C12H13BrO2/c13-8-3-4-9-10(7-8)15-11(14)12(9)5-1-2-6-12;13-10-5-3-9(4-6-10)12(11(14)15)7-1-2-8-12/h3-4,7H,1-2,5-6H2;3-6H,1-2,7-8H2,(H,14,15). The first kappa shape index (κ1) is 21.6. The molecule has 2 aromatic rings. The largest absolute Gasteiger partial charge is 0.481 e. The number of aliphatic carboxylic acids is 1. The zero-order chi connectivity index (χ0) is 21.4. The number of fused-ring (bicyclic) bond motifs is 2. The van der Waals surface area contributed by atoms with Crippen LogP contribution in [-0.2, 0) is 20.4 Å². The van der Waals surface area contributed by atoms with Crippen molar-refractivity contribution in [1.29, 1.82) is 0 Å². The van der Waals surface area contributed by atoms with Crippen LogP contribution in [0, 0.1) is 0 Å². The first-order chi connectivity index (χ1) is 14.4. The number of halogens is 2. The van der Waals surface area contributed by atoms with Crippen molar-refractivity contribution < 1.29 is 19.4 Å². The predicted molar refractivity (Wildman–Crippen MR) is 122 cm³/mol. The molecule has 0 atom stereocenters. The molecule has 3 aliphatic rings. The number of rotatable bonds is 2. The molecule has 1 aliphatic heterocycles. The van der Waals surface area contributed by atoms with Crippen LogP contribution in [0.4, 0.5) is 0 Å². The summed E-state index contributed by atoms with van der Waals surface area (Å²) in [6, 6.07) is 13.6. The fourth-order valence-corrected chi connectivity index (χ4v) is 5.71. The Kier molecular flexibility index (Phi) is 6.08. The van der Waals surface area contributed by atoms with E-state index in [1.54, 1.807) is 0 Å². The lowest BCUT2D eigenvalue weighted by Crippen LogP contribution is -2.32. The van der Waals surface area contributed by atoms with Crippen molar-refractivity contribution >= 4 is 43.8 Å². The van der Waals surface area contributed by atoms with Crippen molar-refractivity contribution in [2.24, 2.45) is 0 Å². The van der Waals surface area contributed by atoms with E-state index in [9.17, 15) is 14.7 Å². The van der Waals surface area contributed by atoms with Crippen molar-refractivity contribution in [3.05, 3.63) is 62.5 Å². The Morgan fingerprint density at radius 1 is 0.867 bits per heavy atom. The summed E-state index contributed by atoms with van der Waals surface area (Å²) >= 11 is 6.75. The summed E-state index contributed by atoms with van der Waals surface area (Å²) < 4.78 is 7.31. The monoisotopic (exact) mass is 534 g/mol. The molecular formula is C24H24Br2O4. The minimum absolute atomic E-state index is 0.0481. The second-order valence-electron chi connectivity index (χ2n) is 8.42. The number of carboxylic acid groups (broad SMARTS) is 1. The van der Waals surface area contributed by atoms with E-state index in [1.807, 2.05) is 42.5 Å². The van der Waals surface area contributed by atoms with Crippen LogP contribution in [-0.4, -0.2) is 17.0 Å². The molecule has 2 fully saturated rings. The average molecular weight is 536 g/mol. The number of hydrogen-bond acceptors (Lipinski definition) is 3. The third kappa shape index (κ3) is 3.73. The van der Waals surface area contributed by atoms with Gasteiger partial charge in [0.1, 0.15) is 5.75 Å². The highest BCUT2D eigenvalue weighted by atomic mass is 79.9. The minimum Gasteiger partial charge on any atom is -0.481 e. The zero-order valence-corrected chi connectivity index (χ0v) is 19.8. The van der Waals surface area contributed by atoms with Gasteiger partial charge in [0.05, 0.1) is 10.8 Å². The van der Waals surface area contributed by atoms with Crippen LogP contribution >= 0.6 is 31.9 Å². The van der Waals surface area contributed by atoms with Crippen LogP contribution in [0.15, 0.2) is 51.4 Å². The van der Waals surface area contributed by atoms with Crippen LogP contribution in [0.2, 0.25) is 0 Å². The number of benzene rings is 2. The molecule has 6 heteroatoms. The molecule has 1 heterocycles. The number of carbonyl (C=O) groups excluding carboxylic acids is 1. The molecular weight excluding hydrogens is 512 g/mol. The number of hydrogen-bond donors (Lipinski definition) is 1. The molecule has 4 nitrogen and oxygen atoms in total. The molecule has 0 aromatic heterocycles. The highest BCUT2D eigenvalue weighted by Gasteiger charge is 2.50. The second kappa shape index (κ2) is 8.46. The molecule has 30 heavy (non-hydrogen) atoms. The van der Waals surface area contributed by atoms with E-state index in [1.165, 1.54) is 0 Å². The Morgan fingerprint density at radius 2 is 1.43 bits per heavy atom. The summed E-state index contributed by atoms with van der Waals surface area (Å²) in [5.41, 5.74) is 1.10. The van der Waals surface area contributed by atoms with Crippen LogP contribution < -0.4 is 4.74 Å². The topological polar surface area (TPSA) is 63.6 Å². The Labute approximate surface area is 193 Å². The van der Waals surface area contributed by atoms with Gasteiger partial charge in [-0.2, -0.15) is 0 Å². The first-order valence-electron chi connectivity index (χ1n) is 10.4. The maximum absolute atomic E-state index is 11.9. The van der Waals surface area contributed by atoms with E-state index >= 15 is 0 Å². The van der Waals surface area contributed by atoms with Crippen LogP contribution in [0.5, 0.6) is 5.75 Å². The van der Waals surface area contributed by atoms with Crippen molar-refractivity contribution in [2.75, 3.05) is 0 Å². The molecule has 2 aromatic carbocycles. The normalized spacial score (nSPS) is 20.4. The van der Waals surface area contributed by atoms with Crippen LogP contribution in [0.25, 0.3) is 0 Å². The van der Waals surface area contributed by atoms with E-state index in [-0.39, 0.29) is 11.4 Å². The minimum atomic E-state index is -0.678. The third-order valence-corrected chi connectivity index (χ3v) is 7.79. The van der Waals surface area contributed by atoms with Gasteiger partial charge < -0.3 is 9.84 Å². The zero-order valence-electron chi connectivity index (χ0n) is 16.6. The predicted octanol–water partition coefficient (Wildman–Crippen LogP) is 6.53. The fraction of sp³-hybridized carbons (Fsp3) is 0.417. The highest BCUT2D eigenvalue weighted by Crippen LogP contribution is 2.50. The lowest BCUT2D eigenvalue weighted by molar-refractivity contribution is -0.143. The third-order valence-electron chi connectivity index (χ3n) is 6.77. The van der Waals surface area contributed by atoms with Gasteiger partial charge in [-0.25, -0.2) is 0 Å². The molecule has 0 unspecified atom stereocenters. The molecule has 1 spiro atoms. The highest BCUT2D eigenvalue weighted by molar-refractivity contribution is 9.10.